The number of hydrogen-bond acceptors (Lipinski definition) is 7. The highest BCUT2D eigenvalue weighted by Gasteiger charge is 2.53. The van der Waals surface area contributed by atoms with Crippen LogP contribution in [-0.2, 0) is 0 Å². The SMILES string of the molecule is CC(C)(O)C(F)CNC(=O)c1cnc(-c2ccc3cc(C#N)cnn23)cc1NC12CCC(N3CCC(F)(F)CC3)(CC1)CC2. The van der Waals surface area contributed by atoms with Crippen LogP contribution in [0.25, 0.3) is 16.9 Å². The molecule has 1 atom stereocenters. The molecule has 234 valence electrons. The van der Waals surface area contributed by atoms with Crippen LogP contribution in [0.1, 0.15) is 81.1 Å². The van der Waals surface area contributed by atoms with Crippen molar-refractivity contribution in [3.63, 3.8) is 0 Å². The Bertz CT molecular complexity index is 1570. The molecule has 3 saturated carbocycles. The van der Waals surface area contributed by atoms with Gasteiger partial charge in [0.05, 0.1) is 52.1 Å². The van der Waals surface area contributed by atoms with Crippen LogP contribution < -0.4 is 10.6 Å². The summed E-state index contributed by atoms with van der Waals surface area (Å²) in [5.41, 5.74) is 1.26. The van der Waals surface area contributed by atoms with Gasteiger partial charge in [-0.05, 0) is 76.6 Å². The van der Waals surface area contributed by atoms with Crippen molar-refractivity contribution in [2.75, 3.05) is 25.0 Å². The maximum atomic E-state index is 14.5. The summed E-state index contributed by atoms with van der Waals surface area (Å²) in [5.74, 6) is -3.09. The number of nitrogens with zero attached hydrogens (tertiary/aromatic N) is 5. The Labute approximate surface area is 254 Å². The number of halogens is 3. The van der Waals surface area contributed by atoms with Gasteiger partial charge in [-0.3, -0.25) is 14.7 Å². The number of amides is 1. The number of alkyl halides is 3. The van der Waals surface area contributed by atoms with E-state index in [-0.39, 0.29) is 36.0 Å². The smallest absolute Gasteiger partial charge is 0.255 e. The Kier molecular flexibility index (Phi) is 7.61. The summed E-state index contributed by atoms with van der Waals surface area (Å²) in [6.07, 6.45) is 6.24. The summed E-state index contributed by atoms with van der Waals surface area (Å²) < 4.78 is 43.9. The van der Waals surface area contributed by atoms with Crippen LogP contribution in [0.3, 0.4) is 0 Å². The highest BCUT2D eigenvalue weighted by atomic mass is 19.3. The Hall–Kier alpha value is -3.69. The molecule has 3 aromatic heterocycles. The highest BCUT2D eigenvalue weighted by Crippen LogP contribution is 2.52. The fraction of sp³-hybridized carbons (Fsp3) is 0.562. The number of aromatic nitrogens is 3. The first-order valence-electron chi connectivity index (χ1n) is 15.3. The largest absolute Gasteiger partial charge is 0.387 e. The molecule has 3 N–H and O–H groups in total. The molecule has 1 amide bonds. The zero-order valence-electron chi connectivity index (χ0n) is 25.0. The predicted octanol–water partition coefficient (Wildman–Crippen LogP) is 5.10. The second-order valence-electron chi connectivity index (χ2n) is 13.3. The van der Waals surface area contributed by atoms with Crippen LogP contribution in [0, 0.1) is 11.3 Å². The van der Waals surface area contributed by atoms with Gasteiger partial charge in [0.15, 0.2) is 0 Å². The lowest BCUT2D eigenvalue weighted by Crippen LogP contribution is -2.62. The van der Waals surface area contributed by atoms with Gasteiger partial charge >= 0.3 is 0 Å². The standard InChI is InChI=1S/C32H38F3N7O2/c1-29(2,44)27(33)20-38-28(43)23-19-37-25(26-4-3-22-15-21(17-36)18-39-42(22)26)16-24(23)40-30-5-8-31(9-6-30,10-7-30)41-13-11-32(34,35)12-14-41/h3-4,15-16,18-19,27,44H,5-14,20H2,1-2H3,(H,37,40)(H,38,43). The van der Waals surface area contributed by atoms with E-state index in [1.54, 1.807) is 16.6 Å². The van der Waals surface area contributed by atoms with E-state index in [0.29, 0.717) is 35.7 Å². The quantitative estimate of drug-likeness (QED) is 0.325. The predicted molar refractivity (Wildman–Crippen MR) is 159 cm³/mol. The topological polar surface area (TPSA) is 119 Å². The molecule has 4 heterocycles. The van der Waals surface area contributed by atoms with E-state index in [2.05, 4.69) is 31.7 Å². The van der Waals surface area contributed by atoms with E-state index in [9.17, 15) is 28.3 Å². The van der Waals surface area contributed by atoms with E-state index < -0.39 is 23.6 Å². The molecule has 4 aliphatic rings. The molecule has 12 heteroatoms. The third-order valence-corrected chi connectivity index (χ3v) is 10.0. The number of nitrogens with one attached hydrogen (secondary N) is 2. The van der Waals surface area contributed by atoms with Gasteiger partial charge in [-0.2, -0.15) is 10.4 Å². The Balaban J connectivity index is 1.27. The van der Waals surface area contributed by atoms with Gasteiger partial charge in [0.1, 0.15) is 12.2 Å². The first-order chi connectivity index (χ1) is 20.8. The van der Waals surface area contributed by atoms with E-state index in [0.717, 1.165) is 44.0 Å². The first-order valence-corrected chi connectivity index (χ1v) is 15.3. The number of carbonyl (C=O) groups excluding carboxylic acids is 1. The van der Waals surface area contributed by atoms with Crippen LogP contribution in [-0.4, -0.2) is 78.9 Å². The molecule has 9 nitrogen and oxygen atoms in total. The molecule has 3 aliphatic carbocycles. The summed E-state index contributed by atoms with van der Waals surface area (Å²) >= 11 is 0. The van der Waals surface area contributed by atoms with Gasteiger partial charge in [0, 0.05) is 43.2 Å². The van der Waals surface area contributed by atoms with Crippen molar-refractivity contribution >= 4 is 17.1 Å². The monoisotopic (exact) mass is 609 g/mol. The van der Waals surface area contributed by atoms with E-state index >= 15 is 0 Å². The molecular weight excluding hydrogens is 571 g/mol. The fourth-order valence-electron chi connectivity index (χ4n) is 7.08. The Morgan fingerprint density at radius 1 is 1.09 bits per heavy atom. The average Bonchev–Trinajstić information content (AvgIpc) is 3.43. The summed E-state index contributed by atoms with van der Waals surface area (Å²) in [6, 6.07) is 9.31. The van der Waals surface area contributed by atoms with Gasteiger partial charge < -0.3 is 15.7 Å². The Morgan fingerprint density at radius 3 is 2.41 bits per heavy atom. The lowest BCUT2D eigenvalue weighted by molar-refractivity contribution is -0.101. The lowest BCUT2D eigenvalue weighted by Gasteiger charge is -2.59. The zero-order valence-corrected chi connectivity index (χ0v) is 25.0. The van der Waals surface area contributed by atoms with Crippen molar-refractivity contribution in [1.82, 2.24) is 24.8 Å². The summed E-state index contributed by atoms with van der Waals surface area (Å²) in [6.45, 7) is 3.18. The van der Waals surface area contributed by atoms with Gasteiger partial charge in [-0.1, -0.05) is 0 Å². The van der Waals surface area contributed by atoms with Crippen LogP contribution in [0.4, 0.5) is 18.9 Å². The number of aliphatic hydroxyl groups is 1. The van der Waals surface area contributed by atoms with Crippen LogP contribution in [0.2, 0.25) is 0 Å². The molecule has 1 aliphatic heterocycles. The summed E-state index contributed by atoms with van der Waals surface area (Å²) in [4.78, 5) is 20.2. The van der Waals surface area contributed by atoms with Gasteiger partial charge in [-0.25, -0.2) is 17.7 Å². The number of fused-ring (bicyclic) bond motifs is 4. The van der Waals surface area contributed by atoms with Crippen LogP contribution >= 0.6 is 0 Å². The summed E-state index contributed by atoms with van der Waals surface area (Å²) in [7, 11) is 0. The number of piperidine rings is 1. The molecule has 7 rings (SSSR count). The molecular formula is C32H38F3N7O2. The van der Waals surface area contributed by atoms with Crippen molar-refractivity contribution < 1.29 is 23.1 Å². The van der Waals surface area contributed by atoms with Crippen molar-refractivity contribution in [2.24, 2.45) is 0 Å². The maximum absolute atomic E-state index is 14.5. The van der Waals surface area contributed by atoms with E-state index in [1.165, 1.54) is 26.2 Å². The number of rotatable bonds is 8. The molecule has 0 radical (unpaired) electrons. The minimum atomic E-state index is -2.58. The third-order valence-electron chi connectivity index (χ3n) is 10.0. The molecule has 3 aromatic rings. The molecule has 1 unspecified atom stereocenters. The second kappa shape index (κ2) is 11.0. The van der Waals surface area contributed by atoms with Gasteiger partial charge in [0.25, 0.3) is 11.8 Å². The fourth-order valence-corrected chi connectivity index (χ4v) is 7.08. The summed E-state index contributed by atoms with van der Waals surface area (Å²) in [5, 5.41) is 29.9. The van der Waals surface area contributed by atoms with Crippen LogP contribution in [0.15, 0.2) is 36.7 Å². The highest BCUT2D eigenvalue weighted by molar-refractivity contribution is 6.00. The number of carbonyl (C=O) groups is 1. The normalized spacial score (nSPS) is 25.8. The number of pyridine rings is 1. The molecule has 1 saturated heterocycles. The third kappa shape index (κ3) is 5.75. The van der Waals surface area contributed by atoms with Crippen molar-refractivity contribution in [3.8, 4) is 17.5 Å². The zero-order chi connectivity index (χ0) is 31.3. The first kappa shape index (κ1) is 30.3. The van der Waals surface area contributed by atoms with Crippen molar-refractivity contribution in [1.29, 1.82) is 5.26 Å². The van der Waals surface area contributed by atoms with Crippen LogP contribution in [0.5, 0.6) is 0 Å². The van der Waals surface area contributed by atoms with Crippen molar-refractivity contribution in [3.05, 3.63) is 47.8 Å². The Morgan fingerprint density at radius 2 is 1.77 bits per heavy atom. The maximum Gasteiger partial charge on any atom is 0.255 e. The van der Waals surface area contributed by atoms with Gasteiger partial charge in [-0.15, -0.1) is 0 Å². The van der Waals surface area contributed by atoms with E-state index in [1.807, 2.05) is 12.1 Å². The molecule has 2 bridgehead atoms. The molecule has 4 fully saturated rings. The number of nitriles is 1. The molecule has 0 aromatic carbocycles. The molecule has 0 spiro atoms. The van der Waals surface area contributed by atoms with Gasteiger partial charge in [0.2, 0.25) is 0 Å². The minimum Gasteiger partial charge on any atom is -0.387 e. The van der Waals surface area contributed by atoms with E-state index in [4.69, 9.17) is 0 Å². The number of hydrogen-bond donors (Lipinski definition) is 3. The number of likely N-dealkylation sites (tertiary alicyclic amines) is 1. The average molecular weight is 610 g/mol. The number of anilines is 1. The van der Waals surface area contributed by atoms with Crippen molar-refractivity contribution in [2.45, 2.75) is 94.0 Å². The lowest BCUT2D eigenvalue weighted by atomic mass is 9.60. The second-order valence-corrected chi connectivity index (χ2v) is 13.3. The molecule has 44 heavy (non-hydrogen) atoms. The minimum absolute atomic E-state index is 0.0600.